The molecule has 0 heterocycles. The third-order valence-corrected chi connectivity index (χ3v) is 5.49. The number of anilines is 1. The van der Waals surface area contributed by atoms with Crippen molar-refractivity contribution in [2.75, 3.05) is 18.0 Å². The first kappa shape index (κ1) is 24.8. The maximum atomic E-state index is 12.1. The Morgan fingerprint density at radius 2 is 1.56 bits per heavy atom. The fourth-order valence-electron chi connectivity index (χ4n) is 3.38. The van der Waals surface area contributed by atoms with Gasteiger partial charge in [-0.15, -0.1) is 0 Å². The summed E-state index contributed by atoms with van der Waals surface area (Å²) in [5.41, 5.74) is 8.59. The molecular weight excluding hydrogens is 426 g/mol. The molecule has 0 bridgehead atoms. The van der Waals surface area contributed by atoms with Crippen molar-refractivity contribution in [3.63, 3.8) is 0 Å². The molecule has 0 aliphatic rings. The number of carbonyl (C=O) groups excluding carboxylic acids is 2. The molecular formula is C28H32N3O3. The third kappa shape index (κ3) is 8.28. The summed E-state index contributed by atoms with van der Waals surface area (Å²) >= 11 is 0. The molecule has 3 aromatic rings. The van der Waals surface area contributed by atoms with Crippen LogP contribution in [0.2, 0.25) is 0 Å². The van der Waals surface area contributed by atoms with Gasteiger partial charge in [0.15, 0.2) is 0 Å². The minimum atomic E-state index is -0.408. The number of hydrogen-bond donors (Lipinski definition) is 2. The van der Waals surface area contributed by atoms with Crippen LogP contribution in [0.25, 0.3) is 0 Å². The Balaban J connectivity index is 1.57. The van der Waals surface area contributed by atoms with Crippen molar-refractivity contribution in [1.29, 1.82) is 0 Å². The smallest absolute Gasteiger partial charge is 0.224 e. The van der Waals surface area contributed by atoms with Gasteiger partial charge in [-0.05, 0) is 41.8 Å². The number of nitrogens with one attached hydrogen (secondary N) is 1. The predicted molar refractivity (Wildman–Crippen MR) is 135 cm³/mol. The van der Waals surface area contributed by atoms with Gasteiger partial charge in [-0.2, -0.15) is 0 Å². The number of rotatable bonds is 13. The molecule has 3 N–H and O–H groups in total. The van der Waals surface area contributed by atoms with Crippen LogP contribution in [0, 0.1) is 12.3 Å². The molecule has 0 spiro atoms. The molecule has 1 unspecified atom stereocenters. The summed E-state index contributed by atoms with van der Waals surface area (Å²) in [4.78, 5) is 25.5. The standard InChI is InChI=1S/C28H32N3O3/c1-22(28(29)33)12-17-27(32)30-18-19-31(20-23-8-4-2-5-9-23)25-13-15-26(16-14-25)34-21-24-10-6-3-7-11-24/h2-11,13-17,22H,12,18-21H2,1H3,(H2,29,33)(H,30,32). The van der Waals surface area contributed by atoms with Crippen LogP contribution in [0.5, 0.6) is 5.75 Å². The van der Waals surface area contributed by atoms with Crippen LogP contribution in [-0.4, -0.2) is 24.9 Å². The van der Waals surface area contributed by atoms with Gasteiger partial charge in [0.2, 0.25) is 11.8 Å². The first-order valence-corrected chi connectivity index (χ1v) is 11.5. The molecule has 1 radical (unpaired) electrons. The van der Waals surface area contributed by atoms with Crippen LogP contribution in [0.1, 0.15) is 24.5 Å². The predicted octanol–water partition coefficient (Wildman–Crippen LogP) is 4.10. The molecule has 3 aromatic carbocycles. The molecule has 0 aliphatic carbocycles. The number of nitrogens with zero attached hydrogens (tertiary/aromatic N) is 1. The van der Waals surface area contributed by atoms with Crippen molar-refractivity contribution in [1.82, 2.24) is 5.32 Å². The largest absolute Gasteiger partial charge is 0.489 e. The van der Waals surface area contributed by atoms with E-state index in [1.165, 1.54) is 12.0 Å². The van der Waals surface area contributed by atoms with Crippen LogP contribution < -0.4 is 20.7 Å². The monoisotopic (exact) mass is 458 g/mol. The van der Waals surface area contributed by atoms with Crippen LogP contribution in [0.4, 0.5) is 5.69 Å². The van der Waals surface area contributed by atoms with Crippen LogP contribution in [0.3, 0.4) is 0 Å². The molecule has 1 atom stereocenters. The average molecular weight is 459 g/mol. The summed E-state index contributed by atoms with van der Waals surface area (Å²) in [6.07, 6.45) is 1.81. The van der Waals surface area contributed by atoms with E-state index in [0.29, 0.717) is 32.7 Å². The highest BCUT2D eigenvalue weighted by molar-refractivity contribution is 5.86. The molecule has 0 saturated heterocycles. The fourth-order valence-corrected chi connectivity index (χ4v) is 3.38. The van der Waals surface area contributed by atoms with Crippen LogP contribution >= 0.6 is 0 Å². The Hall–Kier alpha value is -3.80. The van der Waals surface area contributed by atoms with E-state index in [4.69, 9.17) is 10.5 Å². The van der Waals surface area contributed by atoms with Crippen molar-refractivity contribution in [3.05, 3.63) is 102 Å². The van der Waals surface area contributed by atoms with E-state index in [9.17, 15) is 9.59 Å². The van der Waals surface area contributed by atoms with Crippen LogP contribution in [-0.2, 0) is 22.7 Å². The molecule has 0 aromatic heterocycles. The topological polar surface area (TPSA) is 84.7 Å². The lowest BCUT2D eigenvalue weighted by Crippen LogP contribution is -2.35. The van der Waals surface area contributed by atoms with Crippen molar-refractivity contribution in [3.8, 4) is 5.75 Å². The minimum absolute atomic E-state index is 0.197. The summed E-state index contributed by atoms with van der Waals surface area (Å²) in [6, 6.07) is 28.3. The van der Waals surface area contributed by atoms with Crippen molar-refractivity contribution in [2.24, 2.45) is 11.7 Å². The Labute approximate surface area is 201 Å². The molecule has 0 saturated carbocycles. The van der Waals surface area contributed by atoms with Gasteiger partial charge in [-0.3, -0.25) is 9.59 Å². The van der Waals surface area contributed by atoms with Crippen LogP contribution in [0.15, 0.2) is 84.9 Å². The Kier molecular flexibility index (Phi) is 9.52. The summed E-state index contributed by atoms with van der Waals surface area (Å²) in [7, 11) is 0. The van der Waals surface area contributed by atoms with E-state index in [2.05, 4.69) is 22.3 Å². The lowest BCUT2D eigenvalue weighted by molar-refractivity contribution is -0.121. The number of hydrogen-bond acceptors (Lipinski definition) is 4. The Morgan fingerprint density at radius 1 is 0.941 bits per heavy atom. The van der Waals surface area contributed by atoms with E-state index in [1.54, 1.807) is 6.92 Å². The quantitative estimate of drug-likeness (QED) is 0.404. The first-order chi connectivity index (χ1) is 16.5. The van der Waals surface area contributed by atoms with Gasteiger partial charge in [-0.1, -0.05) is 67.6 Å². The van der Waals surface area contributed by atoms with Crippen molar-refractivity contribution in [2.45, 2.75) is 26.5 Å². The van der Waals surface area contributed by atoms with E-state index >= 15 is 0 Å². The summed E-state index contributed by atoms with van der Waals surface area (Å²) in [5, 5.41) is 2.90. The summed E-state index contributed by atoms with van der Waals surface area (Å²) in [6.45, 7) is 4.04. The second-order valence-electron chi connectivity index (χ2n) is 8.21. The number of carbonyl (C=O) groups is 2. The van der Waals surface area contributed by atoms with Crippen molar-refractivity contribution < 1.29 is 14.3 Å². The normalized spacial score (nSPS) is 11.4. The molecule has 6 nitrogen and oxygen atoms in total. The number of ether oxygens (including phenoxy) is 1. The highest BCUT2D eigenvalue weighted by Crippen LogP contribution is 2.22. The highest BCUT2D eigenvalue weighted by atomic mass is 16.5. The van der Waals surface area contributed by atoms with Gasteiger partial charge in [0.05, 0.1) is 6.42 Å². The average Bonchev–Trinajstić information content (AvgIpc) is 2.87. The van der Waals surface area contributed by atoms with Crippen molar-refractivity contribution >= 4 is 17.5 Å². The summed E-state index contributed by atoms with van der Waals surface area (Å²) < 4.78 is 5.91. The molecule has 34 heavy (non-hydrogen) atoms. The zero-order chi connectivity index (χ0) is 24.2. The molecule has 2 amide bonds. The maximum Gasteiger partial charge on any atom is 0.224 e. The third-order valence-electron chi connectivity index (χ3n) is 5.49. The lowest BCUT2D eigenvalue weighted by Gasteiger charge is -2.25. The van der Waals surface area contributed by atoms with Gasteiger partial charge < -0.3 is 20.7 Å². The van der Waals surface area contributed by atoms with Gasteiger partial charge in [0.1, 0.15) is 12.4 Å². The summed E-state index contributed by atoms with van der Waals surface area (Å²) in [5.74, 6) is -0.159. The minimum Gasteiger partial charge on any atom is -0.489 e. The van der Waals surface area contributed by atoms with Gasteiger partial charge in [-0.25, -0.2) is 0 Å². The second-order valence-corrected chi connectivity index (χ2v) is 8.21. The SMILES string of the molecule is CC(C[CH]C(=O)NCCN(Cc1ccccc1)c1ccc(OCc2ccccc2)cc1)C(N)=O. The molecule has 0 aliphatic heterocycles. The van der Waals surface area contributed by atoms with E-state index < -0.39 is 5.91 Å². The number of nitrogens with two attached hydrogens (primary N) is 1. The lowest BCUT2D eigenvalue weighted by atomic mass is 10.1. The van der Waals surface area contributed by atoms with Gasteiger partial charge >= 0.3 is 0 Å². The number of amides is 2. The zero-order valence-corrected chi connectivity index (χ0v) is 19.5. The van der Waals surface area contributed by atoms with Gasteiger partial charge in [0.25, 0.3) is 0 Å². The number of benzene rings is 3. The zero-order valence-electron chi connectivity index (χ0n) is 19.5. The Morgan fingerprint density at radius 3 is 2.18 bits per heavy atom. The van der Waals surface area contributed by atoms with E-state index in [1.807, 2.05) is 72.8 Å². The van der Waals surface area contributed by atoms with Gasteiger partial charge in [0, 0.05) is 31.2 Å². The molecule has 0 fully saturated rings. The highest BCUT2D eigenvalue weighted by Gasteiger charge is 2.13. The fraction of sp³-hybridized carbons (Fsp3) is 0.250. The maximum absolute atomic E-state index is 12.1. The second kappa shape index (κ2) is 13.0. The van der Waals surface area contributed by atoms with E-state index in [-0.39, 0.29) is 11.8 Å². The first-order valence-electron chi connectivity index (χ1n) is 11.5. The Bertz CT molecular complexity index is 1020. The molecule has 6 heteroatoms. The van der Waals surface area contributed by atoms with E-state index in [0.717, 1.165) is 17.0 Å². The molecule has 177 valence electrons. The molecule has 3 rings (SSSR count). The number of primary amides is 1.